The Balaban J connectivity index is 1.67. The van der Waals surface area contributed by atoms with Crippen LogP contribution in [0.3, 0.4) is 0 Å². The van der Waals surface area contributed by atoms with E-state index >= 15 is 0 Å². The van der Waals surface area contributed by atoms with Crippen LogP contribution in [0, 0.1) is 5.92 Å². The zero-order valence-corrected chi connectivity index (χ0v) is 13.9. The normalized spacial score (nSPS) is 17.6. The van der Waals surface area contributed by atoms with E-state index in [0.717, 1.165) is 29.8 Å². The number of aromatic nitrogens is 1. The summed E-state index contributed by atoms with van der Waals surface area (Å²) in [6, 6.07) is 0. The van der Waals surface area contributed by atoms with Crippen molar-refractivity contribution >= 4 is 11.3 Å². The molecule has 0 saturated heterocycles. The van der Waals surface area contributed by atoms with Crippen LogP contribution in [0.25, 0.3) is 0 Å². The fraction of sp³-hybridized carbons (Fsp3) is 0.812. The number of ether oxygens (including phenoxy) is 1. The molecule has 0 aliphatic heterocycles. The first-order valence-corrected chi connectivity index (χ1v) is 8.67. The van der Waals surface area contributed by atoms with Crippen LogP contribution >= 0.6 is 11.3 Å². The molecule has 0 unspecified atom stereocenters. The molecule has 1 aromatic heterocycles. The van der Waals surface area contributed by atoms with Crippen LogP contribution in [0.5, 0.6) is 0 Å². The van der Waals surface area contributed by atoms with Gasteiger partial charge in [0.1, 0.15) is 5.01 Å². The lowest BCUT2D eigenvalue weighted by molar-refractivity contribution is 0.0722. The molecule has 20 heavy (non-hydrogen) atoms. The Morgan fingerprint density at radius 2 is 2.05 bits per heavy atom. The van der Waals surface area contributed by atoms with Gasteiger partial charge in [0.15, 0.2) is 0 Å². The van der Waals surface area contributed by atoms with E-state index in [1.165, 1.54) is 32.1 Å². The molecule has 3 nitrogen and oxygen atoms in total. The first kappa shape index (κ1) is 15.9. The standard InChI is InChI=1S/C16H28N2OS/c1-16(2,3)17-9-15-18-14(12-20-15)11-19-10-13-7-5-4-6-8-13/h12-13,17H,4-11H2,1-3H3. The Kier molecular flexibility index (Phi) is 6.00. The van der Waals surface area contributed by atoms with E-state index in [0.29, 0.717) is 6.61 Å². The lowest BCUT2D eigenvalue weighted by Crippen LogP contribution is -2.35. The zero-order valence-electron chi connectivity index (χ0n) is 13.1. The van der Waals surface area contributed by atoms with Gasteiger partial charge in [-0.3, -0.25) is 0 Å². The van der Waals surface area contributed by atoms with Crippen LogP contribution in [-0.4, -0.2) is 17.1 Å². The van der Waals surface area contributed by atoms with Crippen molar-refractivity contribution < 1.29 is 4.74 Å². The summed E-state index contributed by atoms with van der Waals surface area (Å²) < 4.78 is 5.84. The molecule has 1 heterocycles. The van der Waals surface area contributed by atoms with E-state index in [2.05, 4.69) is 36.5 Å². The second-order valence-corrected chi connectivity index (χ2v) is 7.80. The third kappa shape index (κ3) is 5.90. The summed E-state index contributed by atoms with van der Waals surface area (Å²) >= 11 is 1.72. The van der Waals surface area contributed by atoms with Gasteiger partial charge in [-0.25, -0.2) is 4.98 Å². The van der Waals surface area contributed by atoms with Crippen LogP contribution in [0.4, 0.5) is 0 Å². The summed E-state index contributed by atoms with van der Waals surface area (Å²) in [6.45, 7) is 8.95. The summed E-state index contributed by atoms with van der Waals surface area (Å²) in [7, 11) is 0. The Hall–Kier alpha value is -0.450. The predicted octanol–water partition coefficient (Wildman–Crippen LogP) is 4.13. The van der Waals surface area contributed by atoms with Crippen molar-refractivity contribution in [2.75, 3.05) is 6.61 Å². The minimum absolute atomic E-state index is 0.142. The monoisotopic (exact) mass is 296 g/mol. The van der Waals surface area contributed by atoms with Gasteiger partial charge in [0.2, 0.25) is 0 Å². The molecule has 1 aliphatic rings. The average Bonchev–Trinajstić information content (AvgIpc) is 2.85. The first-order chi connectivity index (χ1) is 9.53. The van der Waals surface area contributed by atoms with Crippen molar-refractivity contribution in [1.82, 2.24) is 10.3 Å². The summed E-state index contributed by atoms with van der Waals surface area (Å²) in [4.78, 5) is 4.63. The number of hydrogen-bond acceptors (Lipinski definition) is 4. The molecule has 0 radical (unpaired) electrons. The summed E-state index contributed by atoms with van der Waals surface area (Å²) in [5.74, 6) is 0.782. The molecule has 1 aliphatic carbocycles. The van der Waals surface area contributed by atoms with E-state index < -0.39 is 0 Å². The molecule has 1 fully saturated rings. The first-order valence-electron chi connectivity index (χ1n) is 7.79. The molecule has 0 atom stereocenters. The maximum Gasteiger partial charge on any atom is 0.107 e. The third-order valence-electron chi connectivity index (χ3n) is 3.70. The fourth-order valence-electron chi connectivity index (χ4n) is 2.52. The van der Waals surface area contributed by atoms with Gasteiger partial charge in [-0.2, -0.15) is 0 Å². The van der Waals surface area contributed by atoms with Crippen LogP contribution in [0.1, 0.15) is 63.6 Å². The Labute approximate surface area is 127 Å². The summed E-state index contributed by atoms with van der Waals surface area (Å²) in [6.07, 6.45) is 6.86. The Bertz CT molecular complexity index is 391. The van der Waals surface area contributed by atoms with Crippen molar-refractivity contribution in [1.29, 1.82) is 0 Å². The summed E-state index contributed by atoms with van der Waals surface area (Å²) in [5, 5.41) is 6.74. The smallest absolute Gasteiger partial charge is 0.107 e. The van der Waals surface area contributed by atoms with Gasteiger partial charge in [0, 0.05) is 24.1 Å². The number of rotatable bonds is 6. The van der Waals surface area contributed by atoms with Crippen LogP contribution in [-0.2, 0) is 17.9 Å². The number of hydrogen-bond donors (Lipinski definition) is 1. The van der Waals surface area contributed by atoms with E-state index in [1.807, 2.05) is 0 Å². The van der Waals surface area contributed by atoms with E-state index in [1.54, 1.807) is 11.3 Å². The second kappa shape index (κ2) is 7.53. The molecule has 1 N–H and O–H groups in total. The minimum Gasteiger partial charge on any atom is -0.375 e. The predicted molar refractivity (Wildman–Crippen MR) is 84.9 cm³/mol. The van der Waals surface area contributed by atoms with Gasteiger partial charge >= 0.3 is 0 Å². The molecule has 1 saturated carbocycles. The second-order valence-electron chi connectivity index (χ2n) is 6.86. The quantitative estimate of drug-likeness (QED) is 0.857. The van der Waals surface area contributed by atoms with Crippen LogP contribution < -0.4 is 5.32 Å². The Morgan fingerprint density at radius 3 is 2.75 bits per heavy atom. The molecule has 0 aromatic carbocycles. The van der Waals surface area contributed by atoms with E-state index in [4.69, 9.17) is 4.74 Å². The highest BCUT2D eigenvalue weighted by molar-refractivity contribution is 7.09. The van der Waals surface area contributed by atoms with Crippen molar-refractivity contribution in [3.63, 3.8) is 0 Å². The molecule has 2 rings (SSSR count). The molecule has 0 amide bonds. The molecule has 4 heteroatoms. The number of nitrogens with one attached hydrogen (secondary N) is 1. The topological polar surface area (TPSA) is 34.2 Å². The SMILES string of the molecule is CC(C)(C)NCc1nc(COCC2CCCCC2)cs1. The van der Waals surface area contributed by atoms with Crippen molar-refractivity contribution in [2.45, 2.75) is 71.6 Å². The maximum atomic E-state index is 5.84. The zero-order chi connectivity index (χ0) is 14.4. The maximum absolute atomic E-state index is 5.84. The molecule has 114 valence electrons. The van der Waals surface area contributed by atoms with Crippen LogP contribution in [0.15, 0.2) is 5.38 Å². The third-order valence-corrected chi connectivity index (χ3v) is 4.60. The molecular formula is C16H28N2OS. The van der Waals surface area contributed by atoms with E-state index in [-0.39, 0.29) is 5.54 Å². The highest BCUT2D eigenvalue weighted by Gasteiger charge is 2.14. The van der Waals surface area contributed by atoms with E-state index in [9.17, 15) is 0 Å². The van der Waals surface area contributed by atoms with Crippen LogP contribution in [0.2, 0.25) is 0 Å². The van der Waals surface area contributed by atoms with Gasteiger partial charge < -0.3 is 10.1 Å². The average molecular weight is 296 g/mol. The molecule has 0 spiro atoms. The van der Waals surface area contributed by atoms with Gasteiger partial charge in [0.05, 0.1) is 12.3 Å². The van der Waals surface area contributed by atoms with Gasteiger partial charge in [0.25, 0.3) is 0 Å². The lowest BCUT2D eigenvalue weighted by atomic mass is 9.90. The molecule has 1 aromatic rings. The molecule has 0 bridgehead atoms. The lowest BCUT2D eigenvalue weighted by Gasteiger charge is -2.21. The largest absolute Gasteiger partial charge is 0.375 e. The van der Waals surface area contributed by atoms with Gasteiger partial charge in [-0.1, -0.05) is 19.3 Å². The Morgan fingerprint density at radius 1 is 1.30 bits per heavy atom. The fourth-order valence-corrected chi connectivity index (χ4v) is 3.24. The van der Waals surface area contributed by atoms with Gasteiger partial charge in [-0.05, 0) is 39.5 Å². The van der Waals surface area contributed by atoms with Crippen molar-refractivity contribution in [3.8, 4) is 0 Å². The van der Waals surface area contributed by atoms with Gasteiger partial charge in [-0.15, -0.1) is 11.3 Å². The number of nitrogens with zero attached hydrogens (tertiary/aromatic N) is 1. The highest BCUT2D eigenvalue weighted by atomic mass is 32.1. The molecular weight excluding hydrogens is 268 g/mol. The summed E-state index contributed by atoms with van der Waals surface area (Å²) in [5.41, 5.74) is 1.22. The van der Waals surface area contributed by atoms with Crippen molar-refractivity contribution in [3.05, 3.63) is 16.1 Å². The minimum atomic E-state index is 0.142. The van der Waals surface area contributed by atoms with Crippen molar-refractivity contribution in [2.24, 2.45) is 5.92 Å². The number of thiazole rings is 1. The highest BCUT2D eigenvalue weighted by Crippen LogP contribution is 2.24.